The molecule has 1 unspecified atom stereocenters. The smallest absolute Gasteiger partial charge is 0.266 e. The number of nitrogens with zero attached hydrogens (tertiary/aromatic N) is 3. The summed E-state index contributed by atoms with van der Waals surface area (Å²) in [4.78, 5) is 33.2. The third kappa shape index (κ3) is 4.79. The normalized spacial score (nSPS) is 12.6. The molecule has 0 radical (unpaired) electrons. The first-order valence-corrected chi connectivity index (χ1v) is 10.6. The summed E-state index contributed by atoms with van der Waals surface area (Å²) in [5, 5.41) is 0.540. The SMILES string of the molecule is CCN(C(=O)CC(C)(C)C)C(C)c1nc2ccccc2c(=O)n1-c1ccc(OC)cc1. The van der Waals surface area contributed by atoms with E-state index in [4.69, 9.17) is 9.72 Å². The zero-order chi connectivity index (χ0) is 22.8. The van der Waals surface area contributed by atoms with Gasteiger partial charge in [-0.1, -0.05) is 32.9 Å². The van der Waals surface area contributed by atoms with Crippen molar-refractivity contribution in [1.82, 2.24) is 14.5 Å². The molecule has 0 aliphatic carbocycles. The Balaban J connectivity index is 2.19. The lowest BCUT2D eigenvalue weighted by molar-refractivity contribution is -0.135. The number of amides is 1. The number of aromatic nitrogens is 2. The van der Waals surface area contributed by atoms with Crippen LogP contribution >= 0.6 is 0 Å². The van der Waals surface area contributed by atoms with E-state index in [1.54, 1.807) is 22.6 Å². The zero-order valence-corrected chi connectivity index (χ0v) is 19.2. The minimum Gasteiger partial charge on any atom is -0.497 e. The number of carbonyl (C=O) groups excluding carboxylic acids is 1. The molecule has 0 spiro atoms. The number of carbonyl (C=O) groups is 1. The maximum atomic E-state index is 13.5. The highest BCUT2D eigenvalue weighted by Crippen LogP contribution is 2.27. The molecule has 31 heavy (non-hydrogen) atoms. The third-order valence-corrected chi connectivity index (χ3v) is 5.32. The first-order valence-electron chi connectivity index (χ1n) is 10.6. The van der Waals surface area contributed by atoms with E-state index in [9.17, 15) is 9.59 Å². The molecule has 6 heteroatoms. The van der Waals surface area contributed by atoms with E-state index in [0.717, 1.165) is 0 Å². The fraction of sp³-hybridized carbons (Fsp3) is 0.400. The van der Waals surface area contributed by atoms with E-state index in [2.05, 4.69) is 0 Å². The van der Waals surface area contributed by atoms with Crippen molar-refractivity contribution in [2.45, 2.75) is 47.1 Å². The highest BCUT2D eigenvalue weighted by atomic mass is 16.5. The van der Waals surface area contributed by atoms with Crippen molar-refractivity contribution < 1.29 is 9.53 Å². The molecule has 164 valence electrons. The lowest BCUT2D eigenvalue weighted by atomic mass is 9.91. The van der Waals surface area contributed by atoms with E-state index in [1.165, 1.54) is 0 Å². The summed E-state index contributed by atoms with van der Waals surface area (Å²) in [5.74, 6) is 1.29. The van der Waals surface area contributed by atoms with Crippen molar-refractivity contribution in [3.63, 3.8) is 0 Å². The average molecular weight is 422 g/mol. The van der Waals surface area contributed by atoms with Gasteiger partial charge in [-0.15, -0.1) is 0 Å². The Morgan fingerprint density at radius 3 is 2.35 bits per heavy atom. The van der Waals surface area contributed by atoms with Gasteiger partial charge in [0.1, 0.15) is 11.6 Å². The molecule has 1 aromatic heterocycles. The molecule has 3 rings (SSSR count). The maximum Gasteiger partial charge on any atom is 0.266 e. The summed E-state index contributed by atoms with van der Waals surface area (Å²) < 4.78 is 6.87. The summed E-state index contributed by atoms with van der Waals surface area (Å²) in [7, 11) is 1.60. The van der Waals surface area contributed by atoms with E-state index < -0.39 is 0 Å². The molecule has 0 aliphatic heterocycles. The second-order valence-corrected chi connectivity index (χ2v) is 8.92. The van der Waals surface area contributed by atoms with Gasteiger partial charge >= 0.3 is 0 Å². The highest BCUT2D eigenvalue weighted by Gasteiger charge is 2.28. The van der Waals surface area contributed by atoms with Gasteiger partial charge in [0.2, 0.25) is 5.91 Å². The van der Waals surface area contributed by atoms with E-state index in [1.807, 2.05) is 77.1 Å². The van der Waals surface area contributed by atoms with Gasteiger partial charge in [-0.05, 0) is 55.7 Å². The van der Waals surface area contributed by atoms with Crippen LogP contribution in [0.2, 0.25) is 0 Å². The molecule has 0 saturated carbocycles. The molecule has 0 N–H and O–H groups in total. The van der Waals surface area contributed by atoms with Gasteiger partial charge in [0.05, 0.1) is 29.7 Å². The Morgan fingerprint density at radius 2 is 1.77 bits per heavy atom. The van der Waals surface area contributed by atoms with Gasteiger partial charge in [0.25, 0.3) is 5.56 Å². The predicted molar refractivity (Wildman–Crippen MR) is 124 cm³/mol. The topological polar surface area (TPSA) is 64.4 Å². The quantitative estimate of drug-likeness (QED) is 0.577. The molecular formula is C25H31N3O3. The van der Waals surface area contributed by atoms with Crippen molar-refractivity contribution in [2.24, 2.45) is 5.41 Å². The summed E-state index contributed by atoms with van der Waals surface area (Å²) >= 11 is 0. The van der Waals surface area contributed by atoms with Crippen LogP contribution in [0.4, 0.5) is 0 Å². The standard InChI is InChI=1S/C25H31N3O3/c1-7-27(22(29)16-25(3,4)5)17(2)23-26-21-11-9-8-10-20(21)24(30)28(23)18-12-14-19(31-6)15-13-18/h8-15,17H,7,16H2,1-6H3. The summed E-state index contributed by atoms with van der Waals surface area (Å²) in [6, 6.07) is 14.2. The third-order valence-electron chi connectivity index (χ3n) is 5.32. The maximum absolute atomic E-state index is 13.5. The number of methoxy groups -OCH3 is 1. The van der Waals surface area contributed by atoms with E-state index in [0.29, 0.717) is 41.1 Å². The second kappa shape index (κ2) is 8.92. The fourth-order valence-corrected chi connectivity index (χ4v) is 3.77. The van der Waals surface area contributed by atoms with Crippen molar-refractivity contribution >= 4 is 16.8 Å². The Kier molecular flexibility index (Phi) is 6.48. The summed E-state index contributed by atoms with van der Waals surface area (Å²) in [6.07, 6.45) is 0.422. The molecule has 1 heterocycles. The number of hydrogen-bond donors (Lipinski definition) is 0. The van der Waals surface area contributed by atoms with Crippen LogP contribution in [0.25, 0.3) is 16.6 Å². The first-order chi connectivity index (χ1) is 14.7. The molecule has 1 atom stereocenters. The number of fused-ring (bicyclic) bond motifs is 1. The molecule has 3 aromatic rings. The van der Waals surface area contributed by atoms with Crippen molar-refractivity contribution in [1.29, 1.82) is 0 Å². The number of benzene rings is 2. The molecule has 0 fully saturated rings. The van der Waals surface area contributed by atoms with Crippen LogP contribution in [0.15, 0.2) is 53.3 Å². The van der Waals surface area contributed by atoms with Gasteiger partial charge < -0.3 is 9.64 Å². The minimum absolute atomic E-state index is 0.0474. The van der Waals surface area contributed by atoms with Crippen molar-refractivity contribution in [3.8, 4) is 11.4 Å². The van der Waals surface area contributed by atoms with Gasteiger partial charge in [-0.3, -0.25) is 14.2 Å². The molecule has 0 bridgehead atoms. The van der Waals surface area contributed by atoms with Gasteiger partial charge in [0.15, 0.2) is 0 Å². The van der Waals surface area contributed by atoms with E-state index in [-0.39, 0.29) is 22.9 Å². The number of rotatable bonds is 6. The van der Waals surface area contributed by atoms with Crippen molar-refractivity contribution in [2.75, 3.05) is 13.7 Å². The molecule has 0 saturated heterocycles. The Hall–Kier alpha value is -3.15. The number of para-hydroxylation sites is 1. The Bertz CT molecular complexity index is 1130. The van der Waals surface area contributed by atoms with Crippen LogP contribution < -0.4 is 10.3 Å². The molecule has 6 nitrogen and oxygen atoms in total. The van der Waals surface area contributed by atoms with Crippen LogP contribution in [0.5, 0.6) is 5.75 Å². The van der Waals surface area contributed by atoms with Gasteiger partial charge in [-0.2, -0.15) is 0 Å². The Morgan fingerprint density at radius 1 is 1.13 bits per heavy atom. The Labute approximate surface area is 183 Å². The van der Waals surface area contributed by atoms with Crippen LogP contribution in [-0.2, 0) is 4.79 Å². The highest BCUT2D eigenvalue weighted by molar-refractivity contribution is 5.79. The summed E-state index contributed by atoms with van der Waals surface area (Å²) in [6.45, 7) is 10.6. The minimum atomic E-state index is -0.376. The largest absolute Gasteiger partial charge is 0.497 e. The van der Waals surface area contributed by atoms with Crippen LogP contribution in [0.3, 0.4) is 0 Å². The second-order valence-electron chi connectivity index (χ2n) is 8.92. The molecular weight excluding hydrogens is 390 g/mol. The molecule has 2 aromatic carbocycles. The number of ether oxygens (including phenoxy) is 1. The van der Waals surface area contributed by atoms with E-state index >= 15 is 0 Å². The monoisotopic (exact) mass is 421 g/mol. The number of hydrogen-bond acceptors (Lipinski definition) is 4. The zero-order valence-electron chi connectivity index (χ0n) is 19.2. The lowest BCUT2D eigenvalue weighted by Gasteiger charge is -2.31. The fourth-order valence-electron chi connectivity index (χ4n) is 3.77. The van der Waals surface area contributed by atoms with Gasteiger partial charge in [-0.25, -0.2) is 4.98 Å². The molecule has 0 aliphatic rings. The summed E-state index contributed by atoms with van der Waals surface area (Å²) in [5.41, 5.74) is 1.03. The average Bonchev–Trinajstić information content (AvgIpc) is 2.73. The molecule has 1 amide bonds. The van der Waals surface area contributed by atoms with Crippen molar-refractivity contribution in [3.05, 3.63) is 64.7 Å². The van der Waals surface area contributed by atoms with Crippen LogP contribution in [-0.4, -0.2) is 34.0 Å². The van der Waals surface area contributed by atoms with Gasteiger partial charge in [0, 0.05) is 13.0 Å². The predicted octanol–water partition coefficient (Wildman–Crippen LogP) is 4.74. The first kappa shape index (κ1) is 22.5. The van der Waals surface area contributed by atoms with Crippen LogP contribution in [0.1, 0.15) is 52.9 Å². The van der Waals surface area contributed by atoms with Crippen LogP contribution in [0, 0.1) is 5.41 Å². The lowest BCUT2D eigenvalue weighted by Crippen LogP contribution is -2.38.